The highest BCUT2D eigenvalue weighted by Gasteiger charge is 2.31. The number of hydrogen-bond donors (Lipinski definition) is 0. The summed E-state index contributed by atoms with van der Waals surface area (Å²) in [4.78, 5) is -0.0713. The van der Waals surface area contributed by atoms with E-state index in [1.165, 1.54) is 31.2 Å². The minimum atomic E-state index is -4.09. The molecule has 0 aliphatic heterocycles. The number of hydrogen-bond acceptors (Lipinski definition) is 5. The third kappa shape index (κ3) is 3.57. The second kappa shape index (κ2) is 6.21. The van der Waals surface area contributed by atoms with E-state index in [0.717, 1.165) is 6.26 Å². The summed E-state index contributed by atoms with van der Waals surface area (Å²) in [7, 11) is -7.99. The van der Waals surface area contributed by atoms with Gasteiger partial charge in [-0.2, -0.15) is 0 Å². The summed E-state index contributed by atoms with van der Waals surface area (Å²) < 4.78 is 52.6. The fraction of sp³-hybridized carbons (Fsp3) is 0.333. The minimum absolute atomic E-state index is 0.0713. The Morgan fingerprint density at radius 2 is 1.68 bits per heavy atom. The molecule has 7 heteroatoms. The summed E-state index contributed by atoms with van der Waals surface area (Å²) in [5, 5.41) is 0. The maximum atomic E-state index is 12.3. The van der Waals surface area contributed by atoms with Crippen molar-refractivity contribution in [3.63, 3.8) is 0 Å². The van der Waals surface area contributed by atoms with E-state index in [4.69, 9.17) is 4.74 Å². The predicted molar refractivity (Wildman–Crippen MR) is 72.8 cm³/mol. The van der Waals surface area contributed by atoms with E-state index < -0.39 is 23.9 Å². The molecule has 0 fully saturated rings. The van der Waals surface area contributed by atoms with Crippen molar-refractivity contribution in [1.29, 1.82) is 0 Å². The number of sulfone groups is 2. The highest BCUT2D eigenvalue weighted by molar-refractivity contribution is 8.14. The minimum Gasteiger partial charge on any atom is -0.499 e. The van der Waals surface area contributed by atoms with Crippen LogP contribution < -0.4 is 0 Å². The van der Waals surface area contributed by atoms with Crippen LogP contribution in [0.4, 0.5) is 0 Å². The van der Waals surface area contributed by atoms with E-state index in [9.17, 15) is 16.8 Å². The molecule has 1 rings (SSSR count). The molecule has 0 radical (unpaired) electrons. The quantitative estimate of drug-likeness (QED) is 0.748. The van der Waals surface area contributed by atoms with Gasteiger partial charge in [0.1, 0.15) is 6.26 Å². The molecule has 0 saturated heterocycles. The molecular weight excluding hydrogens is 288 g/mol. The molecule has 0 aromatic heterocycles. The highest BCUT2D eigenvalue weighted by atomic mass is 32.3. The van der Waals surface area contributed by atoms with Gasteiger partial charge in [0.2, 0.25) is 9.84 Å². The Bertz CT molecular complexity index is 643. The molecule has 0 saturated carbocycles. The lowest BCUT2D eigenvalue weighted by Crippen LogP contribution is -2.17. The van der Waals surface area contributed by atoms with E-state index in [1.54, 1.807) is 13.0 Å². The van der Waals surface area contributed by atoms with Crippen LogP contribution in [0.5, 0.6) is 0 Å². The van der Waals surface area contributed by atoms with Crippen molar-refractivity contribution in [2.24, 2.45) is 0 Å². The first-order chi connectivity index (χ1) is 8.86. The molecule has 1 aromatic rings. The van der Waals surface area contributed by atoms with Gasteiger partial charge in [-0.05, 0) is 19.1 Å². The lowest BCUT2D eigenvalue weighted by molar-refractivity contribution is 0.269. The topological polar surface area (TPSA) is 77.5 Å². The van der Waals surface area contributed by atoms with E-state index in [-0.39, 0.29) is 17.3 Å². The summed E-state index contributed by atoms with van der Waals surface area (Å²) in [6.45, 7) is 3.21. The normalized spacial score (nSPS) is 13.3. The van der Waals surface area contributed by atoms with Crippen molar-refractivity contribution < 1.29 is 21.6 Å². The molecule has 19 heavy (non-hydrogen) atoms. The van der Waals surface area contributed by atoms with Gasteiger partial charge in [0.25, 0.3) is 0 Å². The molecule has 1 aromatic carbocycles. The van der Waals surface area contributed by atoms with Gasteiger partial charge in [0.05, 0.1) is 17.3 Å². The lowest BCUT2D eigenvalue weighted by atomic mass is 10.4. The highest BCUT2D eigenvalue weighted by Crippen LogP contribution is 2.24. The Balaban J connectivity index is 3.43. The van der Waals surface area contributed by atoms with Gasteiger partial charge in [-0.15, -0.1) is 0 Å². The van der Waals surface area contributed by atoms with Crippen molar-refractivity contribution >= 4 is 19.7 Å². The molecule has 0 aliphatic carbocycles. The first kappa shape index (κ1) is 15.7. The second-order valence-corrected chi connectivity index (χ2v) is 8.04. The van der Waals surface area contributed by atoms with Crippen LogP contribution in [0.2, 0.25) is 0 Å². The van der Waals surface area contributed by atoms with Crippen molar-refractivity contribution in [2.75, 3.05) is 12.4 Å². The average Bonchev–Trinajstić information content (AvgIpc) is 2.39. The van der Waals surface area contributed by atoms with Crippen LogP contribution in [0.1, 0.15) is 13.8 Å². The Hall–Kier alpha value is -1.34. The van der Waals surface area contributed by atoms with Crippen LogP contribution >= 0.6 is 0 Å². The Kier molecular flexibility index (Phi) is 5.13. The van der Waals surface area contributed by atoms with E-state index in [1.807, 2.05) is 0 Å². The van der Waals surface area contributed by atoms with Gasteiger partial charge in [-0.1, -0.05) is 25.1 Å². The number of ether oxygens (including phenoxy) is 1. The van der Waals surface area contributed by atoms with E-state index in [2.05, 4.69) is 0 Å². The van der Waals surface area contributed by atoms with Crippen LogP contribution in [0.3, 0.4) is 0 Å². The molecule has 0 heterocycles. The van der Waals surface area contributed by atoms with Crippen molar-refractivity contribution in [3.05, 3.63) is 40.8 Å². The summed E-state index contributed by atoms with van der Waals surface area (Å²) in [5.74, 6) is -0.308. The third-order valence-corrected chi connectivity index (χ3v) is 6.76. The fourth-order valence-electron chi connectivity index (χ4n) is 1.31. The SMILES string of the molecule is CCO/C=C(/S(=O)(=O)CC)S(=O)(=O)c1ccccc1. The molecule has 0 bridgehead atoms. The Labute approximate surface area is 113 Å². The summed E-state index contributed by atoms with van der Waals surface area (Å²) in [5.41, 5.74) is 0. The number of rotatable bonds is 6. The van der Waals surface area contributed by atoms with Crippen molar-refractivity contribution in [2.45, 2.75) is 18.7 Å². The van der Waals surface area contributed by atoms with Gasteiger partial charge in [-0.3, -0.25) is 0 Å². The fourth-order valence-corrected chi connectivity index (χ4v) is 4.73. The van der Waals surface area contributed by atoms with Gasteiger partial charge in [0, 0.05) is 0 Å². The summed E-state index contributed by atoms with van der Waals surface area (Å²) >= 11 is 0. The molecule has 0 spiro atoms. The lowest BCUT2D eigenvalue weighted by Gasteiger charge is -2.09. The van der Waals surface area contributed by atoms with Gasteiger partial charge >= 0.3 is 0 Å². The smallest absolute Gasteiger partial charge is 0.220 e. The van der Waals surface area contributed by atoms with Crippen LogP contribution in [0, 0.1) is 0 Å². The standard InChI is InChI=1S/C12H16O5S2/c1-3-17-10-12(18(13,14)4-2)19(15,16)11-8-6-5-7-9-11/h5-10H,3-4H2,1-2H3/b12-10-. The van der Waals surface area contributed by atoms with Crippen molar-refractivity contribution in [1.82, 2.24) is 0 Å². The Morgan fingerprint density at radius 3 is 2.16 bits per heavy atom. The van der Waals surface area contributed by atoms with Gasteiger partial charge in [0.15, 0.2) is 14.1 Å². The largest absolute Gasteiger partial charge is 0.499 e. The molecule has 5 nitrogen and oxygen atoms in total. The monoisotopic (exact) mass is 304 g/mol. The zero-order valence-corrected chi connectivity index (χ0v) is 12.4. The molecule has 106 valence electrons. The van der Waals surface area contributed by atoms with Crippen molar-refractivity contribution in [3.8, 4) is 0 Å². The molecule has 0 unspecified atom stereocenters. The van der Waals surface area contributed by atoms with Gasteiger partial charge in [-0.25, -0.2) is 16.8 Å². The van der Waals surface area contributed by atoms with Crippen LogP contribution in [0.25, 0.3) is 0 Å². The molecule has 0 amide bonds. The summed E-state index contributed by atoms with van der Waals surface area (Å²) in [6.07, 6.45) is 0.807. The van der Waals surface area contributed by atoms with E-state index >= 15 is 0 Å². The van der Waals surface area contributed by atoms with Gasteiger partial charge < -0.3 is 4.74 Å². The second-order valence-electron chi connectivity index (χ2n) is 3.61. The molecule has 0 N–H and O–H groups in total. The van der Waals surface area contributed by atoms with E-state index in [0.29, 0.717) is 0 Å². The average molecular weight is 304 g/mol. The molecule has 0 aliphatic rings. The Morgan fingerprint density at radius 1 is 1.11 bits per heavy atom. The first-order valence-corrected chi connectivity index (χ1v) is 8.84. The maximum Gasteiger partial charge on any atom is 0.220 e. The zero-order chi connectivity index (χ0) is 14.5. The maximum absolute atomic E-state index is 12.3. The van der Waals surface area contributed by atoms with Crippen LogP contribution in [-0.4, -0.2) is 29.2 Å². The number of benzene rings is 1. The zero-order valence-electron chi connectivity index (χ0n) is 10.7. The third-order valence-electron chi connectivity index (χ3n) is 2.35. The first-order valence-electron chi connectivity index (χ1n) is 5.71. The van der Waals surface area contributed by atoms with Crippen LogP contribution in [-0.2, 0) is 24.4 Å². The molecular formula is C12H16O5S2. The summed E-state index contributed by atoms with van der Waals surface area (Å²) in [6, 6.07) is 7.41. The van der Waals surface area contributed by atoms with Crippen LogP contribution in [0.15, 0.2) is 45.7 Å². The predicted octanol–water partition coefficient (Wildman–Crippen LogP) is 1.73. The molecule has 0 atom stereocenters.